The molecular weight excluding hydrogens is 404 g/mol. The highest BCUT2D eigenvalue weighted by atomic mass is 32.1. The van der Waals surface area contributed by atoms with E-state index in [1.165, 1.54) is 0 Å². The van der Waals surface area contributed by atoms with Crippen LogP contribution in [0.4, 0.5) is 0 Å². The van der Waals surface area contributed by atoms with E-state index in [-0.39, 0.29) is 29.8 Å². The van der Waals surface area contributed by atoms with Gasteiger partial charge in [-0.2, -0.15) is 0 Å². The summed E-state index contributed by atoms with van der Waals surface area (Å²) in [7, 11) is 0. The van der Waals surface area contributed by atoms with E-state index in [1.54, 1.807) is 11.3 Å². The summed E-state index contributed by atoms with van der Waals surface area (Å²) < 4.78 is 0. The van der Waals surface area contributed by atoms with Gasteiger partial charge in [-0.15, -0.1) is 11.3 Å². The van der Waals surface area contributed by atoms with E-state index >= 15 is 0 Å². The van der Waals surface area contributed by atoms with Crippen LogP contribution in [0.15, 0.2) is 47.8 Å². The van der Waals surface area contributed by atoms with Crippen LogP contribution < -0.4 is 0 Å². The van der Waals surface area contributed by atoms with Crippen molar-refractivity contribution >= 4 is 23.2 Å². The fraction of sp³-hybridized carbons (Fsp3) is 0.538. The lowest BCUT2D eigenvalue weighted by Gasteiger charge is -2.29. The summed E-state index contributed by atoms with van der Waals surface area (Å²) >= 11 is 1.66. The average Bonchev–Trinajstić information content (AvgIpc) is 3.40. The molecule has 2 aromatic rings. The molecule has 0 saturated heterocycles. The normalized spacial score (nSPS) is 14.8. The van der Waals surface area contributed by atoms with Gasteiger partial charge in [0.05, 0.1) is 6.54 Å². The molecule has 31 heavy (non-hydrogen) atoms. The smallest absolute Gasteiger partial charge is 0.242 e. The number of rotatable bonds is 10. The van der Waals surface area contributed by atoms with Crippen molar-refractivity contribution in [2.75, 3.05) is 6.54 Å². The van der Waals surface area contributed by atoms with Crippen molar-refractivity contribution in [3.8, 4) is 0 Å². The molecule has 1 atom stereocenters. The lowest BCUT2D eigenvalue weighted by Crippen LogP contribution is -2.44. The topological polar surface area (TPSA) is 40.6 Å². The molecule has 5 heteroatoms. The molecular formula is C26H36N2O2S. The molecule has 2 amide bonds. The number of hydrogen-bond acceptors (Lipinski definition) is 3. The van der Waals surface area contributed by atoms with Gasteiger partial charge in [0.15, 0.2) is 0 Å². The summed E-state index contributed by atoms with van der Waals surface area (Å²) in [6, 6.07) is 14.4. The number of carbonyl (C=O) groups is 2. The van der Waals surface area contributed by atoms with Gasteiger partial charge in [0.1, 0.15) is 6.54 Å². The molecule has 1 aliphatic carbocycles. The van der Waals surface area contributed by atoms with Gasteiger partial charge in [0.25, 0.3) is 0 Å². The molecule has 1 aromatic carbocycles. The second-order valence-corrected chi connectivity index (χ2v) is 11.2. The van der Waals surface area contributed by atoms with E-state index in [1.807, 2.05) is 51.6 Å². The Labute approximate surface area is 191 Å². The van der Waals surface area contributed by atoms with Crippen LogP contribution in [0.25, 0.3) is 0 Å². The number of nitrogens with zero attached hydrogens (tertiary/aromatic N) is 2. The van der Waals surface area contributed by atoms with Gasteiger partial charge in [-0.3, -0.25) is 9.59 Å². The second-order valence-electron chi connectivity index (χ2n) is 10.1. The molecule has 0 N–H and O–H groups in total. The number of carbonyl (C=O) groups excluding carboxylic acids is 2. The zero-order chi connectivity index (χ0) is 22.4. The monoisotopic (exact) mass is 440 g/mol. The maximum absolute atomic E-state index is 13.4. The first-order valence-electron chi connectivity index (χ1n) is 11.3. The quantitative estimate of drug-likeness (QED) is 0.473. The minimum atomic E-state index is 0.0287. The highest BCUT2D eigenvalue weighted by Gasteiger charge is 2.35. The predicted octanol–water partition coefficient (Wildman–Crippen LogP) is 5.73. The number of hydrogen-bond donors (Lipinski definition) is 0. The first-order valence-corrected chi connectivity index (χ1v) is 12.2. The average molecular weight is 441 g/mol. The van der Waals surface area contributed by atoms with Crippen LogP contribution in [0, 0.1) is 11.3 Å². The van der Waals surface area contributed by atoms with Gasteiger partial charge in [0, 0.05) is 23.9 Å². The fourth-order valence-corrected chi connectivity index (χ4v) is 4.93. The van der Waals surface area contributed by atoms with E-state index < -0.39 is 0 Å². The number of amides is 2. The maximum atomic E-state index is 13.4. The fourth-order valence-electron chi connectivity index (χ4n) is 4.21. The minimum absolute atomic E-state index is 0.0287. The van der Waals surface area contributed by atoms with Crippen LogP contribution in [-0.2, 0) is 22.7 Å². The Bertz CT molecular complexity index is 838. The first-order chi connectivity index (χ1) is 14.7. The number of benzene rings is 1. The van der Waals surface area contributed by atoms with Crippen LogP contribution in [0.2, 0.25) is 0 Å². The third-order valence-electron chi connectivity index (χ3n) is 5.59. The van der Waals surface area contributed by atoms with E-state index in [0.717, 1.165) is 29.7 Å². The molecule has 1 aromatic heterocycles. The zero-order valence-electron chi connectivity index (χ0n) is 19.3. The van der Waals surface area contributed by atoms with Gasteiger partial charge in [-0.1, -0.05) is 64.1 Å². The summed E-state index contributed by atoms with van der Waals surface area (Å²) in [4.78, 5) is 31.4. The summed E-state index contributed by atoms with van der Waals surface area (Å²) in [6.07, 6.45) is 3.54. The lowest BCUT2D eigenvalue weighted by atomic mass is 9.84. The standard InChI is InChI=1S/C26H36N2O2S/c1-20(16-26(2,3)4)15-24(29)28(22-12-13-22)19-25(30)27(18-23-11-8-14-31-23)17-21-9-6-5-7-10-21/h5-11,14,20,22H,12-13,15-19H2,1-4H3. The van der Waals surface area contributed by atoms with Crippen LogP contribution in [0.1, 0.15) is 63.8 Å². The Morgan fingerprint density at radius 3 is 2.32 bits per heavy atom. The molecule has 0 spiro atoms. The Hall–Kier alpha value is -2.14. The highest BCUT2D eigenvalue weighted by Crippen LogP contribution is 2.31. The summed E-state index contributed by atoms with van der Waals surface area (Å²) in [5.41, 5.74) is 1.31. The van der Waals surface area contributed by atoms with E-state index in [9.17, 15) is 9.59 Å². The molecule has 1 saturated carbocycles. The third kappa shape index (κ3) is 7.80. The Morgan fingerprint density at radius 1 is 1.03 bits per heavy atom. The molecule has 3 rings (SSSR count). The third-order valence-corrected chi connectivity index (χ3v) is 6.45. The van der Waals surface area contributed by atoms with Crippen molar-refractivity contribution in [3.05, 3.63) is 58.3 Å². The lowest BCUT2D eigenvalue weighted by molar-refractivity contribution is -0.142. The molecule has 0 aliphatic heterocycles. The van der Waals surface area contributed by atoms with Crippen molar-refractivity contribution in [2.24, 2.45) is 11.3 Å². The Balaban J connectivity index is 1.67. The molecule has 1 fully saturated rings. The SMILES string of the molecule is CC(CC(=O)N(CC(=O)N(Cc1ccccc1)Cc1cccs1)C1CC1)CC(C)(C)C. The van der Waals surface area contributed by atoms with E-state index in [2.05, 4.69) is 33.8 Å². The van der Waals surface area contributed by atoms with Crippen molar-refractivity contribution in [1.82, 2.24) is 9.80 Å². The largest absolute Gasteiger partial charge is 0.332 e. The molecule has 1 unspecified atom stereocenters. The minimum Gasteiger partial charge on any atom is -0.332 e. The molecule has 0 radical (unpaired) electrons. The predicted molar refractivity (Wildman–Crippen MR) is 128 cm³/mol. The van der Waals surface area contributed by atoms with Gasteiger partial charge in [-0.05, 0) is 47.6 Å². The summed E-state index contributed by atoms with van der Waals surface area (Å²) in [5.74, 6) is 0.472. The van der Waals surface area contributed by atoms with Crippen LogP contribution in [0.3, 0.4) is 0 Å². The summed E-state index contributed by atoms with van der Waals surface area (Å²) in [5, 5.41) is 2.04. The van der Waals surface area contributed by atoms with Gasteiger partial charge >= 0.3 is 0 Å². The van der Waals surface area contributed by atoms with Crippen molar-refractivity contribution in [3.63, 3.8) is 0 Å². The summed E-state index contributed by atoms with van der Waals surface area (Å²) in [6.45, 7) is 10.1. The molecule has 1 heterocycles. The van der Waals surface area contributed by atoms with Crippen LogP contribution in [-0.4, -0.2) is 34.2 Å². The maximum Gasteiger partial charge on any atom is 0.242 e. The van der Waals surface area contributed by atoms with E-state index in [4.69, 9.17) is 0 Å². The number of thiophene rings is 1. The highest BCUT2D eigenvalue weighted by molar-refractivity contribution is 7.09. The molecule has 4 nitrogen and oxygen atoms in total. The Kier molecular flexibility index (Phi) is 7.93. The van der Waals surface area contributed by atoms with Gasteiger partial charge in [0.2, 0.25) is 11.8 Å². The first kappa shape index (κ1) is 23.5. The zero-order valence-corrected chi connectivity index (χ0v) is 20.2. The Morgan fingerprint density at radius 2 is 1.74 bits per heavy atom. The van der Waals surface area contributed by atoms with Crippen molar-refractivity contribution in [1.29, 1.82) is 0 Å². The molecule has 168 valence electrons. The van der Waals surface area contributed by atoms with Crippen molar-refractivity contribution in [2.45, 2.75) is 72.5 Å². The molecule has 0 bridgehead atoms. The van der Waals surface area contributed by atoms with Gasteiger partial charge in [-0.25, -0.2) is 0 Å². The van der Waals surface area contributed by atoms with Crippen LogP contribution >= 0.6 is 11.3 Å². The second kappa shape index (κ2) is 10.4. The van der Waals surface area contributed by atoms with Gasteiger partial charge < -0.3 is 9.80 Å². The van der Waals surface area contributed by atoms with Crippen molar-refractivity contribution < 1.29 is 9.59 Å². The van der Waals surface area contributed by atoms with Crippen LogP contribution in [0.5, 0.6) is 0 Å². The molecule has 1 aliphatic rings. The van der Waals surface area contributed by atoms with E-state index in [0.29, 0.717) is 25.4 Å².